The second-order valence-electron chi connectivity index (χ2n) is 6.05. The number of rotatable bonds is 3. The topological polar surface area (TPSA) is 64.7 Å². The van der Waals surface area contributed by atoms with Crippen molar-refractivity contribution < 1.29 is 9.59 Å². The number of benzene rings is 1. The zero-order valence-corrected chi connectivity index (χ0v) is 13.4. The molecular weight excluding hydrogens is 292 g/mol. The van der Waals surface area contributed by atoms with Gasteiger partial charge < -0.3 is 20.4 Å². The first-order chi connectivity index (χ1) is 11.2. The van der Waals surface area contributed by atoms with Crippen molar-refractivity contribution in [2.24, 2.45) is 0 Å². The fourth-order valence-electron chi connectivity index (χ4n) is 3.13. The molecule has 0 aromatic heterocycles. The number of piperazine rings is 1. The number of nitrogens with zero attached hydrogens (tertiary/aromatic N) is 2. The normalized spacial score (nSPS) is 17.6. The first-order valence-electron chi connectivity index (χ1n) is 8.32. The van der Waals surface area contributed by atoms with Gasteiger partial charge in [-0.05, 0) is 17.5 Å². The van der Waals surface area contributed by atoms with Gasteiger partial charge in [-0.15, -0.1) is 0 Å². The van der Waals surface area contributed by atoms with Crippen LogP contribution in [0.3, 0.4) is 0 Å². The van der Waals surface area contributed by atoms with Gasteiger partial charge in [0.25, 0.3) is 0 Å². The summed E-state index contributed by atoms with van der Waals surface area (Å²) >= 11 is 0. The van der Waals surface area contributed by atoms with Gasteiger partial charge >= 0.3 is 6.03 Å². The fraction of sp³-hybridized carbons (Fsp3) is 0.529. The third-order valence-corrected chi connectivity index (χ3v) is 4.50. The highest BCUT2D eigenvalue weighted by Crippen LogP contribution is 2.18. The van der Waals surface area contributed by atoms with E-state index in [-0.39, 0.29) is 11.9 Å². The van der Waals surface area contributed by atoms with Crippen molar-refractivity contribution in [3.8, 4) is 0 Å². The summed E-state index contributed by atoms with van der Waals surface area (Å²) in [6.45, 7) is 5.00. The molecule has 3 rings (SSSR count). The Bertz CT molecular complexity index is 569. The minimum Gasteiger partial charge on any atom is -0.340 e. The molecule has 2 heterocycles. The number of urea groups is 1. The number of hydrogen-bond acceptors (Lipinski definition) is 3. The predicted octanol–water partition coefficient (Wildman–Crippen LogP) is 0.576. The number of carbonyl (C=O) groups is 2. The van der Waals surface area contributed by atoms with Gasteiger partial charge in [-0.3, -0.25) is 4.79 Å². The molecule has 0 radical (unpaired) electrons. The van der Waals surface area contributed by atoms with Gasteiger partial charge in [0, 0.05) is 52.2 Å². The minimum absolute atomic E-state index is 0.0763. The summed E-state index contributed by atoms with van der Waals surface area (Å²) in [7, 11) is 0. The van der Waals surface area contributed by atoms with Crippen LogP contribution in [0.1, 0.15) is 17.5 Å². The van der Waals surface area contributed by atoms with Gasteiger partial charge in [0.15, 0.2) is 0 Å². The molecule has 0 aliphatic carbocycles. The molecule has 0 bridgehead atoms. The van der Waals surface area contributed by atoms with Gasteiger partial charge in [0.2, 0.25) is 5.91 Å². The molecule has 0 spiro atoms. The molecule has 6 nitrogen and oxygen atoms in total. The summed E-state index contributed by atoms with van der Waals surface area (Å²) in [6.07, 6.45) is 1.26. The standard InChI is InChI=1S/C17H24N4O2/c22-16(20-11-8-18-9-12-20)5-7-19-17(23)21-10-6-14-3-1-2-4-15(14)13-21/h1-4,18H,5-13H2,(H,19,23). The van der Waals surface area contributed by atoms with Gasteiger partial charge in [-0.25, -0.2) is 4.79 Å². The van der Waals surface area contributed by atoms with Crippen LogP contribution >= 0.6 is 0 Å². The Hall–Kier alpha value is -2.08. The van der Waals surface area contributed by atoms with Crippen LogP contribution in [0.2, 0.25) is 0 Å². The highest BCUT2D eigenvalue weighted by atomic mass is 16.2. The molecule has 1 aromatic carbocycles. The van der Waals surface area contributed by atoms with Crippen molar-refractivity contribution in [1.82, 2.24) is 20.4 Å². The molecule has 2 aliphatic rings. The third kappa shape index (κ3) is 4.01. The average molecular weight is 316 g/mol. The Morgan fingerprint density at radius 3 is 2.57 bits per heavy atom. The Balaban J connectivity index is 1.42. The first-order valence-corrected chi connectivity index (χ1v) is 8.32. The minimum atomic E-state index is -0.0763. The van der Waals surface area contributed by atoms with E-state index in [9.17, 15) is 9.59 Å². The Morgan fingerprint density at radius 1 is 1.04 bits per heavy atom. The van der Waals surface area contributed by atoms with E-state index in [0.29, 0.717) is 19.5 Å². The predicted molar refractivity (Wildman–Crippen MR) is 88.0 cm³/mol. The van der Waals surface area contributed by atoms with Crippen LogP contribution in [-0.4, -0.2) is 61.0 Å². The molecule has 1 aromatic rings. The Morgan fingerprint density at radius 2 is 1.78 bits per heavy atom. The SMILES string of the molecule is O=C(CCNC(=O)N1CCc2ccccc2C1)N1CCNCC1. The van der Waals surface area contributed by atoms with Crippen LogP contribution in [0.5, 0.6) is 0 Å². The first kappa shape index (κ1) is 15.8. The monoisotopic (exact) mass is 316 g/mol. The number of nitrogens with one attached hydrogen (secondary N) is 2. The summed E-state index contributed by atoms with van der Waals surface area (Å²) in [6, 6.07) is 8.16. The van der Waals surface area contributed by atoms with Crippen molar-refractivity contribution in [3.05, 3.63) is 35.4 Å². The molecular formula is C17H24N4O2. The lowest BCUT2D eigenvalue weighted by Gasteiger charge is -2.29. The van der Waals surface area contributed by atoms with Crippen LogP contribution in [0.15, 0.2) is 24.3 Å². The van der Waals surface area contributed by atoms with Crippen LogP contribution in [0, 0.1) is 0 Å². The van der Waals surface area contributed by atoms with Crippen LogP contribution in [0.25, 0.3) is 0 Å². The second kappa shape index (κ2) is 7.46. The fourth-order valence-corrected chi connectivity index (χ4v) is 3.13. The number of fused-ring (bicyclic) bond motifs is 1. The molecule has 1 fully saturated rings. The van der Waals surface area contributed by atoms with E-state index in [2.05, 4.69) is 22.8 Å². The molecule has 0 atom stereocenters. The van der Waals surface area contributed by atoms with Crippen molar-refractivity contribution in [2.75, 3.05) is 39.3 Å². The maximum atomic E-state index is 12.2. The van der Waals surface area contributed by atoms with Crippen molar-refractivity contribution in [1.29, 1.82) is 0 Å². The van der Waals surface area contributed by atoms with Crippen LogP contribution in [0.4, 0.5) is 4.79 Å². The molecule has 1 saturated heterocycles. The smallest absolute Gasteiger partial charge is 0.317 e. The van der Waals surface area contributed by atoms with E-state index >= 15 is 0 Å². The van der Waals surface area contributed by atoms with Crippen molar-refractivity contribution in [2.45, 2.75) is 19.4 Å². The molecule has 2 N–H and O–H groups in total. The average Bonchev–Trinajstić information content (AvgIpc) is 2.61. The largest absolute Gasteiger partial charge is 0.340 e. The summed E-state index contributed by atoms with van der Waals surface area (Å²) < 4.78 is 0. The quantitative estimate of drug-likeness (QED) is 0.857. The van der Waals surface area contributed by atoms with E-state index in [4.69, 9.17) is 0 Å². The maximum Gasteiger partial charge on any atom is 0.317 e. The molecule has 2 aliphatic heterocycles. The lowest BCUT2D eigenvalue weighted by molar-refractivity contribution is -0.131. The third-order valence-electron chi connectivity index (χ3n) is 4.50. The Kier molecular flexibility index (Phi) is 5.12. The lowest BCUT2D eigenvalue weighted by Crippen LogP contribution is -2.48. The van der Waals surface area contributed by atoms with Crippen LogP contribution < -0.4 is 10.6 Å². The van der Waals surface area contributed by atoms with Gasteiger partial charge in [0.05, 0.1) is 0 Å². The summed E-state index contributed by atoms with van der Waals surface area (Å²) in [5, 5.41) is 6.10. The second-order valence-corrected chi connectivity index (χ2v) is 6.05. The van der Waals surface area contributed by atoms with Gasteiger partial charge in [0.1, 0.15) is 0 Å². The maximum absolute atomic E-state index is 12.2. The van der Waals surface area contributed by atoms with Gasteiger partial charge in [-0.1, -0.05) is 24.3 Å². The molecule has 0 saturated carbocycles. The van der Waals surface area contributed by atoms with E-state index in [0.717, 1.165) is 39.1 Å². The number of hydrogen-bond donors (Lipinski definition) is 2. The van der Waals surface area contributed by atoms with E-state index in [1.54, 1.807) is 0 Å². The highest BCUT2D eigenvalue weighted by molar-refractivity contribution is 5.78. The number of amides is 3. The zero-order chi connectivity index (χ0) is 16.1. The zero-order valence-electron chi connectivity index (χ0n) is 13.4. The van der Waals surface area contributed by atoms with E-state index in [1.807, 2.05) is 21.9 Å². The lowest BCUT2D eigenvalue weighted by atomic mass is 10.0. The van der Waals surface area contributed by atoms with Crippen molar-refractivity contribution in [3.63, 3.8) is 0 Å². The molecule has 23 heavy (non-hydrogen) atoms. The van der Waals surface area contributed by atoms with E-state index in [1.165, 1.54) is 11.1 Å². The van der Waals surface area contributed by atoms with Crippen molar-refractivity contribution >= 4 is 11.9 Å². The molecule has 6 heteroatoms. The van der Waals surface area contributed by atoms with Gasteiger partial charge in [-0.2, -0.15) is 0 Å². The molecule has 124 valence electrons. The Labute approximate surface area is 136 Å². The summed E-state index contributed by atoms with van der Waals surface area (Å²) in [5.74, 6) is 0.121. The number of carbonyl (C=O) groups excluding carboxylic acids is 2. The molecule has 0 unspecified atom stereocenters. The van der Waals surface area contributed by atoms with E-state index < -0.39 is 0 Å². The molecule has 3 amide bonds. The summed E-state index contributed by atoms with van der Waals surface area (Å²) in [4.78, 5) is 28.0. The van der Waals surface area contributed by atoms with Crippen LogP contribution in [-0.2, 0) is 17.8 Å². The highest BCUT2D eigenvalue weighted by Gasteiger charge is 2.21. The summed E-state index contributed by atoms with van der Waals surface area (Å²) in [5.41, 5.74) is 2.54.